The predicted octanol–water partition coefficient (Wildman–Crippen LogP) is 2.60. The van der Waals surface area contributed by atoms with Crippen molar-refractivity contribution in [3.63, 3.8) is 0 Å². The van der Waals surface area contributed by atoms with Gasteiger partial charge in [-0.15, -0.1) is 0 Å². The van der Waals surface area contributed by atoms with E-state index in [1.54, 1.807) is 0 Å². The molecule has 2 aliphatic rings. The van der Waals surface area contributed by atoms with Crippen LogP contribution < -0.4 is 5.73 Å². The van der Waals surface area contributed by atoms with Crippen LogP contribution in [0.2, 0.25) is 0 Å². The first-order chi connectivity index (χ1) is 6.73. The zero-order chi connectivity index (χ0) is 9.65. The molecule has 2 saturated carbocycles. The van der Waals surface area contributed by atoms with E-state index in [9.17, 15) is 0 Å². The van der Waals surface area contributed by atoms with Crippen LogP contribution >= 0.6 is 0 Å². The Morgan fingerprint density at radius 1 is 1.00 bits per heavy atom. The van der Waals surface area contributed by atoms with E-state index in [1.807, 2.05) is 0 Å². The Morgan fingerprint density at radius 2 is 1.64 bits per heavy atom. The van der Waals surface area contributed by atoms with Crippen LogP contribution in [0.15, 0.2) is 30.3 Å². The summed E-state index contributed by atoms with van der Waals surface area (Å²) >= 11 is 0. The highest BCUT2D eigenvalue weighted by molar-refractivity contribution is 5.32. The summed E-state index contributed by atoms with van der Waals surface area (Å²) in [5, 5.41) is 0. The second-order valence-corrected chi connectivity index (χ2v) is 5.19. The maximum absolute atomic E-state index is 6.21. The van der Waals surface area contributed by atoms with Crippen LogP contribution in [0.5, 0.6) is 0 Å². The molecule has 14 heavy (non-hydrogen) atoms. The van der Waals surface area contributed by atoms with Crippen LogP contribution in [0.3, 0.4) is 0 Å². The summed E-state index contributed by atoms with van der Waals surface area (Å²) in [4.78, 5) is 0. The molecule has 2 aliphatic carbocycles. The molecule has 0 bridgehead atoms. The zero-order valence-electron chi connectivity index (χ0n) is 8.50. The Labute approximate surface area is 85.3 Å². The standard InChI is InChI=1S/C13H17N/c14-13(8-9-13)10-12(6-7-12)11-4-2-1-3-5-11/h1-5H,6-10,14H2. The second kappa shape index (κ2) is 2.60. The summed E-state index contributed by atoms with van der Waals surface area (Å²) < 4.78 is 0. The fourth-order valence-electron chi connectivity index (χ4n) is 2.52. The van der Waals surface area contributed by atoms with Crippen LogP contribution in [0.4, 0.5) is 0 Å². The molecular formula is C13H17N. The molecule has 74 valence electrons. The summed E-state index contributed by atoms with van der Waals surface area (Å²) in [5.41, 5.74) is 8.39. The molecule has 0 heterocycles. The van der Waals surface area contributed by atoms with Crippen LogP contribution in [-0.4, -0.2) is 5.54 Å². The number of hydrogen-bond donors (Lipinski definition) is 1. The first-order valence-corrected chi connectivity index (χ1v) is 5.57. The number of hydrogen-bond acceptors (Lipinski definition) is 1. The molecule has 2 N–H and O–H groups in total. The SMILES string of the molecule is NC1(CC2(c3ccccc3)CC2)CC1. The highest BCUT2D eigenvalue weighted by Crippen LogP contribution is 2.56. The summed E-state index contributed by atoms with van der Waals surface area (Å²) in [6.45, 7) is 0. The van der Waals surface area contributed by atoms with Gasteiger partial charge in [-0.2, -0.15) is 0 Å². The average Bonchev–Trinajstić information content (AvgIpc) is 3.10. The van der Waals surface area contributed by atoms with E-state index in [0.29, 0.717) is 5.41 Å². The average molecular weight is 187 g/mol. The van der Waals surface area contributed by atoms with Gasteiger partial charge in [0.25, 0.3) is 0 Å². The minimum absolute atomic E-state index is 0.201. The molecule has 0 aromatic heterocycles. The summed E-state index contributed by atoms with van der Waals surface area (Å²) in [6.07, 6.45) is 6.37. The first-order valence-electron chi connectivity index (χ1n) is 5.57. The Bertz CT molecular complexity index is 334. The quantitative estimate of drug-likeness (QED) is 0.773. The van der Waals surface area contributed by atoms with E-state index in [-0.39, 0.29) is 5.54 Å². The van der Waals surface area contributed by atoms with Crippen LogP contribution in [0.1, 0.15) is 37.7 Å². The summed E-state index contributed by atoms with van der Waals surface area (Å²) in [5.74, 6) is 0. The Morgan fingerprint density at radius 3 is 2.14 bits per heavy atom. The van der Waals surface area contributed by atoms with Gasteiger partial charge in [0.15, 0.2) is 0 Å². The minimum atomic E-state index is 0.201. The molecule has 0 spiro atoms. The van der Waals surface area contributed by atoms with Gasteiger partial charge in [0.2, 0.25) is 0 Å². The molecule has 1 heteroatoms. The van der Waals surface area contributed by atoms with E-state index in [0.717, 1.165) is 0 Å². The van der Waals surface area contributed by atoms with Crippen molar-refractivity contribution in [2.24, 2.45) is 5.73 Å². The van der Waals surface area contributed by atoms with Crippen LogP contribution in [0, 0.1) is 0 Å². The van der Waals surface area contributed by atoms with Crippen molar-refractivity contribution >= 4 is 0 Å². The summed E-state index contributed by atoms with van der Waals surface area (Å²) in [6, 6.07) is 10.9. The largest absolute Gasteiger partial charge is 0.325 e. The van der Waals surface area contributed by atoms with E-state index in [4.69, 9.17) is 5.73 Å². The molecule has 0 saturated heterocycles. The van der Waals surface area contributed by atoms with Crippen molar-refractivity contribution in [2.45, 2.75) is 43.1 Å². The third-order valence-corrected chi connectivity index (χ3v) is 3.82. The van der Waals surface area contributed by atoms with E-state index >= 15 is 0 Å². The maximum atomic E-state index is 6.21. The smallest absolute Gasteiger partial charge is 0.0164 e. The van der Waals surface area contributed by atoms with Gasteiger partial charge in [0, 0.05) is 5.54 Å². The van der Waals surface area contributed by atoms with E-state index < -0.39 is 0 Å². The lowest BCUT2D eigenvalue weighted by molar-refractivity contribution is 0.504. The molecule has 1 aromatic carbocycles. The van der Waals surface area contributed by atoms with Gasteiger partial charge in [-0.25, -0.2) is 0 Å². The summed E-state index contributed by atoms with van der Waals surface area (Å²) in [7, 11) is 0. The van der Waals surface area contributed by atoms with Gasteiger partial charge >= 0.3 is 0 Å². The van der Waals surface area contributed by atoms with E-state index in [1.165, 1.54) is 37.7 Å². The number of nitrogens with two attached hydrogens (primary N) is 1. The molecule has 0 amide bonds. The lowest BCUT2D eigenvalue weighted by atomic mass is 9.88. The second-order valence-electron chi connectivity index (χ2n) is 5.19. The normalized spacial score (nSPS) is 25.8. The first kappa shape index (κ1) is 8.49. The predicted molar refractivity (Wildman–Crippen MR) is 58.1 cm³/mol. The lowest BCUT2D eigenvalue weighted by Crippen LogP contribution is -2.27. The zero-order valence-corrected chi connectivity index (χ0v) is 8.50. The molecule has 1 nitrogen and oxygen atoms in total. The molecule has 0 radical (unpaired) electrons. The van der Waals surface area contributed by atoms with Crippen molar-refractivity contribution in [1.29, 1.82) is 0 Å². The van der Waals surface area contributed by atoms with Crippen molar-refractivity contribution in [3.05, 3.63) is 35.9 Å². The van der Waals surface area contributed by atoms with E-state index in [2.05, 4.69) is 30.3 Å². The third kappa shape index (κ3) is 1.36. The van der Waals surface area contributed by atoms with Crippen molar-refractivity contribution < 1.29 is 0 Å². The topological polar surface area (TPSA) is 26.0 Å². The lowest BCUT2D eigenvalue weighted by Gasteiger charge is -2.19. The van der Waals surface area contributed by atoms with Crippen molar-refractivity contribution in [3.8, 4) is 0 Å². The van der Waals surface area contributed by atoms with Crippen molar-refractivity contribution in [2.75, 3.05) is 0 Å². The minimum Gasteiger partial charge on any atom is -0.325 e. The van der Waals surface area contributed by atoms with Gasteiger partial charge in [-0.3, -0.25) is 0 Å². The van der Waals surface area contributed by atoms with Gasteiger partial charge in [0.05, 0.1) is 0 Å². The van der Waals surface area contributed by atoms with Gasteiger partial charge in [-0.1, -0.05) is 30.3 Å². The molecule has 2 fully saturated rings. The van der Waals surface area contributed by atoms with Gasteiger partial charge in [-0.05, 0) is 43.1 Å². The maximum Gasteiger partial charge on any atom is 0.0164 e. The Balaban J connectivity index is 1.83. The monoisotopic (exact) mass is 187 g/mol. The number of benzene rings is 1. The van der Waals surface area contributed by atoms with Crippen molar-refractivity contribution in [1.82, 2.24) is 0 Å². The molecule has 0 atom stereocenters. The molecule has 3 rings (SSSR count). The van der Waals surface area contributed by atoms with Crippen LogP contribution in [-0.2, 0) is 5.41 Å². The van der Waals surface area contributed by atoms with Gasteiger partial charge in [0.1, 0.15) is 0 Å². The number of rotatable bonds is 3. The Hall–Kier alpha value is -0.820. The molecule has 0 unspecified atom stereocenters. The Kier molecular flexibility index (Phi) is 1.58. The highest BCUT2D eigenvalue weighted by atomic mass is 14.8. The fourth-order valence-corrected chi connectivity index (χ4v) is 2.52. The molecular weight excluding hydrogens is 170 g/mol. The third-order valence-electron chi connectivity index (χ3n) is 3.82. The van der Waals surface area contributed by atoms with Gasteiger partial charge < -0.3 is 5.73 Å². The molecule has 0 aliphatic heterocycles. The highest BCUT2D eigenvalue weighted by Gasteiger charge is 2.52. The molecule has 1 aromatic rings. The van der Waals surface area contributed by atoms with Crippen LogP contribution in [0.25, 0.3) is 0 Å². The fraction of sp³-hybridized carbons (Fsp3) is 0.538.